The van der Waals surface area contributed by atoms with Gasteiger partial charge in [-0.25, -0.2) is 8.42 Å². The average Bonchev–Trinajstić information content (AvgIpc) is 2.29. The second-order valence-corrected chi connectivity index (χ2v) is 9.03. The molecule has 0 atom stereocenters. The Morgan fingerprint density at radius 1 is 1.32 bits per heavy atom. The predicted molar refractivity (Wildman–Crippen MR) is 83.1 cm³/mol. The number of sulfone groups is 1. The van der Waals surface area contributed by atoms with Gasteiger partial charge in [0.1, 0.15) is 12.4 Å². The molecule has 19 heavy (non-hydrogen) atoms. The van der Waals surface area contributed by atoms with Crippen LogP contribution in [-0.2, 0) is 15.2 Å². The molecule has 0 spiro atoms. The number of halogens is 2. The molecule has 0 N–H and O–H groups in total. The molecule has 0 aliphatic carbocycles. The van der Waals surface area contributed by atoms with Crippen molar-refractivity contribution in [1.82, 2.24) is 0 Å². The second kappa shape index (κ2) is 6.46. The van der Waals surface area contributed by atoms with Crippen molar-refractivity contribution in [2.24, 2.45) is 0 Å². The molecule has 108 valence electrons. The van der Waals surface area contributed by atoms with E-state index in [1.54, 1.807) is 39.0 Å². The molecule has 6 heteroatoms. The Hall–Kier alpha value is -0.260. The quantitative estimate of drug-likeness (QED) is 0.741. The first-order valence-corrected chi connectivity index (χ1v) is 9.02. The molecule has 1 rings (SSSR count). The molecule has 1 aromatic carbocycles. The zero-order chi connectivity index (χ0) is 14.7. The normalized spacial score (nSPS) is 12.5. The first kappa shape index (κ1) is 16.8. The van der Waals surface area contributed by atoms with E-state index in [2.05, 4.69) is 15.9 Å². The summed E-state index contributed by atoms with van der Waals surface area (Å²) in [5, 5.41) is 1.23. The van der Waals surface area contributed by atoms with Gasteiger partial charge in [0.25, 0.3) is 0 Å². The fourth-order valence-corrected chi connectivity index (χ4v) is 2.91. The largest absolute Gasteiger partial charge is 0.492 e. The standard InChI is InChI=1S/C13H18BrClO3S/c1-13(2,3)19(16,17)7-6-18-12-5-4-11(15)8-10(12)9-14/h4-5,8H,6-7,9H2,1-3H3. The van der Waals surface area contributed by atoms with Crippen LogP contribution in [0.4, 0.5) is 0 Å². The molecule has 0 saturated heterocycles. The lowest BCUT2D eigenvalue weighted by Crippen LogP contribution is -2.32. The Bertz CT molecular complexity index is 535. The van der Waals surface area contributed by atoms with Gasteiger partial charge < -0.3 is 4.74 Å². The molecular formula is C13H18BrClO3S. The van der Waals surface area contributed by atoms with Gasteiger partial charge in [-0.2, -0.15) is 0 Å². The molecule has 0 heterocycles. The summed E-state index contributed by atoms with van der Waals surface area (Å²) < 4.78 is 28.7. The van der Waals surface area contributed by atoms with E-state index in [9.17, 15) is 8.42 Å². The summed E-state index contributed by atoms with van der Waals surface area (Å²) in [5.74, 6) is 0.659. The summed E-state index contributed by atoms with van der Waals surface area (Å²) in [6.07, 6.45) is 0. The number of alkyl halides is 1. The van der Waals surface area contributed by atoms with Crippen molar-refractivity contribution < 1.29 is 13.2 Å². The smallest absolute Gasteiger partial charge is 0.158 e. The monoisotopic (exact) mass is 368 g/mol. The summed E-state index contributed by atoms with van der Waals surface area (Å²) in [6, 6.07) is 5.27. The number of hydrogen-bond donors (Lipinski definition) is 0. The molecular weight excluding hydrogens is 352 g/mol. The fourth-order valence-electron chi connectivity index (χ4n) is 1.36. The zero-order valence-electron chi connectivity index (χ0n) is 11.2. The second-order valence-electron chi connectivity index (χ2n) is 5.17. The maximum atomic E-state index is 11.9. The van der Waals surface area contributed by atoms with Gasteiger partial charge >= 0.3 is 0 Å². The maximum absolute atomic E-state index is 11.9. The number of benzene rings is 1. The average molecular weight is 370 g/mol. The van der Waals surface area contributed by atoms with Gasteiger partial charge in [-0.1, -0.05) is 27.5 Å². The Labute approximate surface area is 128 Å². The van der Waals surface area contributed by atoms with Crippen LogP contribution in [0.5, 0.6) is 5.75 Å². The van der Waals surface area contributed by atoms with Crippen molar-refractivity contribution in [3.05, 3.63) is 28.8 Å². The first-order chi connectivity index (χ1) is 8.67. The Balaban J connectivity index is 2.69. The highest BCUT2D eigenvalue weighted by Gasteiger charge is 2.28. The SMILES string of the molecule is CC(C)(C)S(=O)(=O)CCOc1ccc(Cl)cc1CBr. The predicted octanol–water partition coefficient (Wildman–Crippen LogP) is 3.83. The van der Waals surface area contributed by atoms with Gasteiger partial charge in [0.05, 0.1) is 10.5 Å². The van der Waals surface area contributed by atoms with Crippen molar-refractivity contribution in [3.63, 3.8) is 0 Å². The van der Waals surface area contributed by atoms with Crippen LogP contribution >= 0.6 is 27.5 Å². The Morgan fingerprint density at radius 2 is 1.95 bits per heavy atom. The van der Waals surface area contributed by atoms with Crippen molar-refractivity contribution in [3.8, 4) is 5.75 Å². The van der Waals surface area contributed by atoms with Crippen LogP contribution in [0.1, 0.15) is 26.3 Å². The highest BCUT2D eigenvalue weighted by Crippen LogP contribution is 2.25. The van der Waals surface area contributed by atoms with Crippen LogP contribution in [0, 0.1) is 0 Å². The van der Waals surface area contributed by atoms with Crippen molar-refractivity contribution >= 4 is 37.4 Å². The lowest BCUT2D eigenvalue weighted by atomic mass is 10.2. The minimum atomic E-state index is -3.16. The van der Waals surface area contributed by atoms with Gasteiger partial charge in [0.15, 0.2) is 9.84 Å². The van der Waals surface area contributed by atoms with E-state index in [1.165, 1.54) is 0 Å². The van der Waals surface area contributed by atoms with Crippen molar-refractivity contribution in [1.29, 1.82) is 0 Å². The van der Waals surface area contributed by atoms with E-state index in [4.69, 9.17) is 16.3 Å². The summed E-state index contributed by atoms with van der Waals surface area (Å²) in [7, 11) is -3.16. The minimum absolute atomic E-state index is 0.000845. The van der Waals surface area contributed by atoms with E-state index >= 15 is 0 Å². The summed E-state index contributed by atoms with van der Waals surface area (Å²) in [5.41, 5.74) is 0.903. The molecule has 3 nitrogen and oxygen atoms in total. The van der Waals surface area contributed by atoms with Crippen LogP contribution in [0.25, 0.3) is 0 Å². The van der Waals surface area contributed by atoms with E-state index in [0.717, 1.165) is 5.56 Å². The summed E-state index contributed by atoms with van der Waals surface area (Å²) >= 11 is 9.24. The van der Waals surface area contributed by atoms with Crippen molar-refractivity contribution in [2.75, 3.05) is 12.4 Å². The Morgan fingerprint density at radius 3 is 2.47 bits per heavy atom. The van der Waals surface area contributed by atoms with Crippen molar-refractivity contribution in [2.45, 2.75) is 30.8 Å². The molecule has 0 bridgehead atoms. The number of ether oxygens (including phenoxy) is 1. The maximum Gasteiger partial charge on any atom is 0.158 e. The van der Waals surface area contributed by atoms with Crippen LogP contribution in [0.2, 0.25) is 5.02 Å². The molecule has 0 fully saturated rings. The van der Waals surface area contributed by atoms with Crippen LogP contribution in [-0.4, -0.2) is 25.5 Å². The number of hydrogen-bond acceptors (Lipinski definition) is 3. The summed E-state index contributed by atoms with van der Waals surface area (Å²) in [4.78, 5) is 0. The summed E-state index contributed by atoms with van der Waals surface area (Å²) in [6.45, 7) is 5.21. The zero-order valence-corrected chi connectivity index (χ0v) is 14.4. The topological polar surface area (TPSA) is 43.4 Å². The third-order valence-corrected chi connectivity index (χ3v) is 6.12. The van der Waals surface area contributed by atoms with Gasteiger partial charge in [-0.15, -0.1) is 0 Å². The van der Waals surface area contributed by atoms with Gasteiger partial charge in [-0.3, -0.25) is 0 Å². The van der Waals surface area contributed by atoms with Crippen LogP contribution in [0.3, 0.4) is 0 Å². The molecule has 0 saturated carbocycles. The van der Waals surface area contributed by atoms with Crippen LogP contribution < -0.4 is 4.74 Å². The molecule has 0 aliphatic heterocycles. The molecule has 0 radical (unpaired) electrons. The molecule has 0 aromatic heterocycles. The van der Waals surface area contributed by atoms with Crippen LogP contribution in [0.15, 0.2) is 18.2 Å². The van der Waals surface area contributed by atoms with E-state index in [-0.39, 0.29) is 12.4 Å². The molecule has 0 amide bonds. The molecule has 0 aliphatic rings. The minimum Gasteiger partial charge on any atom is -0.492 e. The molecule has 0 unspecified atom stereocenters. The van der Waals surface area contributed by atoms with Gasteiger partial charge in [-0.05, 0) is 39.0 Å². The third-order valence-electron chi connectivity index (χ3n) is 2.71. The highest BCUT2D eigenvalue weighted by molar-refractivity contribution is 9.08. The Kier molecular flexibility index (Phi) is 5.71. The van der Waals surface area contributed by atoms with Gasteiger partial charge in [0, 0.05) is 15.9 Å². The highest BCUT2D eigenvalue weighted by atomic mass is 79.9. The van der Waals surface area contributed by atoms with E-state index in [0.29, 0.717) is 16.1 Å². The third kappa shape index (κ3) is 4.65. The first-order valence-electron chi connectivity index (χ1n) is 5.87. The van der Waals surface area contributed by atoms with E-state index < -0.39 is 14.6 Å². The fraction of sp³-hybridized carbons (Fsp3) is 0.538. The lowest BCUT2D eigenvalue weighted by Gasteiger charge is -2.19. The van der Waals surface area contributed by atoms with Gasteiger partial charge in [0.2, 0.25) is 0 Å². The molecule has 1 aromatic rings. The number of rotatable bonds is 5. The van der Waals surface area contributed by atoms with E-state index in [1.807, 2.05) is 0 Å². The lowest BCUT2D eigenvalue weighted by molar-refractivity contribution is 0.337.